The van der Waals surface area contributed by atoms with Crippen molar-refractivity contribution in [1.29, 1.82) is 0 Å². The zero-order valence-corrected chi connectivity index (χ0v) is 30.0. The van der Waals surface area contributed by atoms with Gasteiger partial charge in [0.1, 0.15) is 0 Å². The number of rotatable bonds is 5. The van der Waals surface area contributed by atoms with Crippen LogP contribution < -0.4 is 0 Å². The summed E-state index contributed by atoms with van der Waals surface area (Å²) in [4.78, 5) is 0. The van der Waals surface area contributed by atoms with Crippen molar-refractivity contribution in [3.63, 3.8) is 0 Å². The van der Waals surface area contributed by atoms with Gasteiger partial charge >= 0.3 is 271 Å². The van der Waals surface area contributed by atoms with Gasteiger partial charge in [-0.25, -0.2) is 0 Å². The van der Waals surface area contributed by atoms with Crippen molar-refractivity contribution < 1.29 is 15.6 Å². The first-order chi connectivity index (χ1) is 21.4. The van der Waals surface area contributed by atoms with Crippen LogP contribution in [0.15, 0.2) is 133 Å². The first-order valence-electron chi connectivity index (χ1n) is 15.5. The Labute approximate surface area is 268 Å². The molecule has 8 rings (SSSR count). The zero-order valence-electron chi connectivity index (χ0n) is 24.8. The van der Waals surface area contributed by atoms with Crippen molar-refractivity contribution in [2.45, 2.75) is 20.3 Å². The quantitative estimate of drug-likeness (QED) is 0.157. The van der Waals surface area contributed by atoms with E-state index in [-0.39, 0.29) is 7.25 Å². The molecule has 0 nitrogen and oxygen atoms in total. The van der Waals surface area contributed by atoms with E-state index < -0.39 is 21.5 Å². The Balaban J connectivity index is 1.27. The summed E-state index contributed by atoms with van der Waals surface area (Å²) in [5, 5.41) is 5.05. The van der Waals surface area contributed by atoms with Crippen LogP contribution in [0.25, 0.3) is 56.0 Å². The fourth-order valence-electron chi connectivity index (χ4n) is 7.94. The Hall–Kier alpha value is -3.00. The molecule has 6 aromatic rings. The number of hydrogen-bond donors (Lipinski definition) is 0. The molecule has 0 saturated carbocycles. The van der Waals surface area contributed by atoms with E-state index in [2.05, 4.69) is 159 Å². The predicted molar refractivity (Wildman–Crippen MR) is 193 cm³/mol. The SMILES string of the molecule is C[SiH](C)[Zr]([Cl])([Cl])([CH]1C=Cc2c(-c3cccc4ccccc34)cccc21)[CH]1C=Cc2c(-c3cccc4ccccc34)cccc21. The number of halogens is 2. The van der Waals surface area contributed by atoms with Crippen molar-refractivity contribution in [2.75, 3.05) is 0 Å². The van der Waals surface area contributed by atoms with Gasteiger partial charge in [0, 0.05) is 0 Å². The zero-order chi connectivity index (χ0) is 30.1. The molecule has 0 amide bonds. The molecular weight excluding hydrogens is 671 g/mol. The molecular formula is C40H33Cl2SiZr. The van der Waals surface area contributed by atoms with E-state index in [0.29, 0.717) is 0 Å². The van der Waals surface area contributed by atoms with Gasteiger partial charge in [-0.3, -0.25) is 0 Å². The summed E-state index contributed by atoms with van der Waals surface area (Å²) in [7, 11) is 16.6. The Kier molecular flexibility index (Phi) is 6.82. The summed E-state index contributed by atoms with van der Waals surface area (Å²) in [6.07, 6.45) is 9.38. The third-order valence-corrected chi connectivity index (χ3v) is 62.4. The summed E-state index contributed by atoms with van der Waals surface area (Å²) >= 11 is -4.64. The molecule has 0 N–H and O–H groups in total. The molecule has 0 aliphatic heterocycles. The molecule has 0 bridgehead atoms. The monoisotopic (exact) mass is 701 g/mol. The maximum atomic E-state index is 8.32. The molecule has 0 saturated heterocycles. The second kappa shape index (κ2) is 10.5. The molecule has 0 fully saturated rings. The van der Waals surface area contributed by atoms with Crippen LogP contribution in [0.3, 0.4) is 0 Å². The van der Waals surface area contributed by atoms with Crippen molar-refractivity contribution >= 4 is 56.6 Å². The first kappa shape index (κ1) is 28.5. The Morgan fingerprint density at radius 3 is 1.32 bits per heavy atom. The number of hydrogen-bond acceptors (Lipinski definition) is 0. The van der Waals surface area contributed by atoms with Crippen molar-refractivity contribution in [1.82, 2.24) is 0 Å². The van der Waals surface area contributed by atoms with Crippen molar-refractivity contribution in [3.05, 3.63) is 156 Å². The van der Waals surface area contributed by atoms with Crippen LogP contribution in [-0.2, 0) is 15.6 Å². The average Bonchev–Trinajstić information content (AvgIpc) is 3.71. The fourth-order valence-corrected chi connectivity index (χ4v) is 35.3. The van der Waals surface area contributed by atoms with E-state index in [9.17, 15) is 0 Å². The molecule has 0 radical (unpaired) electrons. The Bertz CT molecular complexity index is 2020. The van der Waals surface area contributed by atoms with Gasteiger partial charge < -0.3 is 0 Å². The van der Waals surface area contributed by atoms with Gasteiger partial charge in [0.25, 0.3) is 0 Å². The van der Waals surface area contributed by atoms with E-state index in [1.165, 1.54) is 66.1 Å². The number of allylic oxidation sites excluding steroid dienone is 2. The van der Waals surface area contributed by atoms with Crippen LogP contribution in [0, 0.1) is 0 Å². The molecule has 215 valence electrons. The Morgan fingerprint density at radius 1 is 0.477 bits per heavy atom. The Morgan fingerprint density at radius 2 is 0.864 bits per heavy atom. The van der Waals surface area contributed by atoms with E-state index in [1.54, 1.807) is 0 Å². The second-order valence-electron chi connectivity index (χ2n) is 12.7. The van der Waals surface area contributed by atoms with Gasteiger partial charge in [-0.15, -0.1) is 0 Å². The summed E-state index contributed by atoms with van der Waals surface area (Å²) < 4.78 is 0.136. The molecule has 2 atom stereocenters. The minimum atomic E-state index is -4.64. The summed E-state index contributed by atoms with van der Waals surface area (Å²) in [5.74, 6) is -1.56. The molecule has 2 aliphatic carbocycles. The van der Waals surface area contributed by atoms with Gasteiger partial charge in [-0.2, -0.15) is 0 Å². The van der Waals surface area contributed by atoms with Gasteiger partial charge in [0.2, 0.25) is 0 Å². The number of fused-ring (bicyclic) bond motifs is 4. The average molecular weight is 704 g/mol. The van der Waals surface area contributed by atoms with Crippen LogP contribution in [-0.4, -0.2) is 5.92 Å². The molecule has 0 spiro atoms. The third-order valence-electron chi connectivity index (χ3n) is 10.3. The molecule has 0 aromatic heterocycles. The van der Waals surface area contributed by atoms with Crippen LogP contribution >= 0.6 is 17.0 Å². The van der Waals surface area contributed by atoms with E-state index >= 15 is 0 Å². The standard InChI is InChI=1S/2C19H13.C2H7Si.2ClH.Zr/c2*1-2-10-16-14(6-1)8-4-12-18(16)19-13-5-9-15-7-3-11-17(15)19;1-3-2;;;/h2*1-13H;3H,1-2H3;2*1H;/q;;;;;+2/p-2. The molecule has 6 aromatic carbocycles. The van der Waals surface area contributed by atoms with Gasteiger partial charge in [-0.1, -0.05) is 0 Å². The van der Waals surface area contributed by atoms with Crippen LogP contribution in [0.2, 0.25) is 13.1 Å². The summed E-state index contributed by atoms with van der Waals surface area (Å²) in [6.45, 7) is 4.79. The normalized spacial score (nSPS) is 18.1. The van der Waals surface area contributed by atoms with Gasteiger partial charge in [0.05, 0.1) is 0 Å². The van der Waals surface area contributed by atoms with Crippen molar-refractivity contribution in [2.24, 2.45) is 0 Å². The summed E-state index contributed by atoms with van der Waals surface area (Å²) in [5.41, 5.74) is 10.2. The van der Waals surface area contributed by atoms with Gasteiger partial charge in [0.15, 0.2) is 0 Å². The topological polar surface area (TPSA) is 0 Å². The van der Waals surface area contributed by atoms with Crippen LogP contribution in [0.4, 0.5) is 0 Å². The molecule has 2 unspecified atom stereocenters. The van der Waals surface area contributed by atoms with E-state index in [4.69, 9.17) is 17.0 Å². The van der Waals surface area contributed by atoms with E-state index in [0.717, 1.165) is 0 Å². The second-order valence-corrected chi connectivity index (χ2v) is 55.5. The first-order valence-corrected chi connectivity index (χ1v) is 31.8. The molecule has 0 heterocycles. The predicted octanol–water partition coefficient (Wildman–Crippen LogP) is 12.1. The molecule has 4 heteroatoms. The van der Waals surface area contributed by atoms with Crippen molar-refractivity contribution in [3.8, 4) is 22.3 Å². The van der Waals surface area contributed by atoms with Crippen LogP contribution in [0.1, 0.15) is 29.5 Å². The summed E-state index contributed by atoms with van der Waals surface area (Å²) in [6, 6.07) is 44.0. The molecule has 44 heavy (non-hydrogen) atoms. The number of benzene rings is 6. The van der Waals surface area contributed by atoms with E-state index in [1.807, 2.05) is 0 Å². The van der Waals surface area contributed by atoms with Gasteiger partial charge in [-0.05, 0) is 0 Å². The van der Waals surface area contributed by atoms with Crippen LogP contribution in [0.5, 0.6) is 0 Å². The minimum absolute atomic E-state index is 0.0678. The molecule has 2 aliphatic rings. The maximum absolute atomic E-state index is 8.32. The third kappa shape index (κ3) is 4.11. The fraction of sp³-hybridized carbons (Fsp3) is 0.100.